The number of halogens is 1. The molecule has 1 aromatic rings. The molecule has 0 bridgehead atoms. The van der Waals surface area contributed by atoms with Gasteiger partial charge in [-0.2, -0.15) is 0 Å². The molecule has 0 radical (unpaired) electrons. The van der Waals surface area contributed by atoms with Crippen LogP contribution in [-0.2, 0) is 11.3 Å². The second-order valence-electron chi connectivity index (χ2n) is 8.11. The molecule has 1 aromatic carbocycles. The molecule has 1 unspecified atom stereocenters. The lowest BCUT2D eigenvalue weighted by Gasteiger charge is -2.31. The van der Waals surface area contributed by atoms with Gasteiger partial charge in [-0.1, -0.05) is 18.2 Å². The lowest BCUT2D eigenvalue weighted by atomic mass is 9.97. The summed E-state index contributed by atoms with van der Waals surface area (Å²) in [4.78, 5) is 18.1. The molecule has 1 atom stereocenters. The lowest BCUT2D eigenvalue weighted by Crippen LogP contribution is -2.42. The summed E-state index contributed by atoms with van der Waals surface area (Å²) in [5, 5.41) is 6.75. The lowest BCUT2D eigenvalue weighted by molar-refractivity contribution is -0.123. The Balaban J connectivity index is 0.00000320. The highest BCUT2D eigenvalue weighted by molar-refractivity contribution is 14.0. The van der Waals surface area contributed by atoms with Crippen LogP contribution in [0.4, 0.5) is 0 Å². The van der Waals surface area contributed by atoms with E-state index in [9.17, 15) is 4.79 Å². The Morgan fingerprint density at radius 3 is 2.80 bits per heavy atom. The molecule has 8 heteroatoms. The number of aliphatic imine (C=N–C) groups is 1. The summed E-state index contributed by atoms with van der Waals surface area (Å²) in [6, 6.07) is 8.18. The van der Waals surface area contributed by atoms with Crippen molar-refractivity contribution in [2.24, 2.45) is 22.6 Å². The Morgan fingerprint density at radius 1 is 1.27 bits per heavy atom. The minimum absolute atomic E-state index is 0. The van der Waals surface area contributed by atoms with E-state index in [0.29, 0.717) is 6.54 Å². The number of carbonyl (C=O) groups is 1. The quantitative estimate of drug-likeness (QED) is 0.187. The molecule has 1 aliphatic heterocycles. The number of hydrogen-bond donors (Lipinski definition) is 3. The molecular weight excluding hydrogens is 493 g/mol. The molecule has 1 heterocycles. The summed E-state index contributed by atoms with van der Waals surface area (Å²) >= 11 is 0. The normalized spacial score (nSPS) is 19.6. The largest absolute Gasteiger partial charge is 0.493 e. The van der Waals surface area contributed by atoms with Gasteiger partial charge in [0.1, 0.15) is 5.75 Å². The third-order valence-electron chi connectivity index (χ3n) is 5.67. The fraction of sp³-hybridized carbons (Fsp3) is 0.636. The van der Waals surface area contributed by atoms with E-state index in [0.717, 1.165) is 75.2 Å². The van der Waals surface area contributed by atoms with Crippen LogP contribution < -0.4 is 21.1 Å². The predicted octanol–water partition coefficient (Wildman–Crippen LogP) is 2.35. The first kappa shape index (κ1) is 24.7. The van der Waals surface area contributed by atoms with Crippen molar-refractivity contribution in [3.8, 4) is 5.75 Å². The topological polar surface area (TPSA) is 92.0 Å². The third kappa shape index (κ3) is 8.29. The van der Waals surface area contributed by atoms with Gasteiger partial charge in [0.05, 0.1) is 12.5 Å². The first-order valence-electron chi connectivity index (χ1n) is 10.8. The number of hydrogen-bond acceptors (Lipinski definition) is 4. The maximum Gasteiger partial charge on any atom is 0.221 e. The maximum absolute atomic E-state index is 11.4. The molecule has 0 spiro atoms. The molecule has 1 aliphatic carbocycles. The fourth-order valence-electron chi connectivity index (χ4n) is 3.68. The summed E-state index contributed by atoms with van der Waals surface area (Å²) in [5.74, 6) is 2.32. The molecule has 1 amide bonds. The maximum atomic E-state index is 11.4. The van der Waals surface area contributed by atoms with Crippen LogP contribution in [0.2, 0.25) is 0 Å². The van der Waals surface area contributed by atoms with Crippen molar-refractivity contribution in [2.45, 2.75) is 38.6 Å². The van der Waals surface area contributed by atoms with Crippen LogP contribution in [0.25, 0.3) is 0 Å². The minimum atomic E-state index is -0.168. The number of piperidine rings is 1. The number of guanidine groups is 1. The Hall–Kier alpha value is -1.55. The van der Waals surface area contributed by atoms with Gasteiger partial charge in [-0.05, 0) is 57.2 Å². The first-order valence-corrected chi connectivity index (χ1v) is 10.8. The number of nitrogens with one attached hydrogen (secondary N) is 2. The van der Waals surface area contributed by atoms with Gasteiger partial charge in [-0.25, -0.2) is 0 Å². The van der Waals surface area contributed by atoms with Crippen molar-refractivity contribution >= 4 is 35.8 Å². The van der Waals surface area contributed by atoms with Gasteiger partial charge in [-0.3, -0.25) is 9.79 Å². The number of nitrogens with two attached hydrogens (primary N) is 1. The summed E-state index contributed by atoms with van der Waals surface area (Å²) in [6.45, 7) is 5.13. The third-order valence-corrected chi connectivity index (χ3v) is 5.67. The monoisotopic (exact) mass is 529 g/mol. The van der Waals surface area contributed by atoms with Crippen molar-refractivity contribution in [3.05, 3.63) is 29.8 Å². The Bertz CT molecular complexity index is 696. The van der Waals surface area contributed by atoms with Gasteiger partial charge in [0.25, 0.3) is 0 Å². The molecule has 30 heavy (non-hydrogen) atoms. The first-order chi connectivity index (χ1) is 14.2. The fourth-order valence-corrected chi connectivity index (χ4v) is 3.68. The summed E-state index contributed by atoms with van der Waals surface area (Å²) < 4.78 is 5.98. The highest BCUT2D eigenvalue weighted by Gasteiger charge is 2.23. The van der Waals surface area contributed by atoms with E-state index in [1.165, 1.54) is 12.8 Å². The summed E-state index contributed by atoms with van der Waals surface area (Å²) in [7, 11) is 1.78. The van der Waals surface area contributed by atoms with Gasteiger partial charge in [0, 0.05) is 32.2 Å². The van der Waals surface area contributed by atoms with Crippen molar-refractivity contribution in [3.63, 3.8) is 0 Å². The number of primary amides is 1. The highest BCUT2D eigenvalue weighted by Crippen LogP contribution is 2.30. The van der Waals surface area contributed by atoms with Crippen LogP contribution in [0.1, 0.15) is 37.7 Å². The highest BCUT2D eigenvalue weighted by atomic mass is 127. The standard InChI is InChI=1S/C22H35N5O2.HI/c1-24-22(25-11-5-13-27-12-4-7-19(15-27)21(23)28)26-14-18-6-2-3-8-20(18)29-16-17-9-10-17;/h2-3,6,8,17,19H,4-5,7,9-16H2,1H3,(H2,23,28)(H2,24,25,26);1H. The van der Waals surface area contributed by atoms with Crippen LogP contribution in [0, 0.1) is 11.8 Å². The Kier molecular flexibility index (Phi) is 10.7. The zero-order chi connectivity index (χ0) is 20.5. The van der Waals surface area contributed by atoms with Crippen molar-refractivity contribution in [1.82, 2.24) is 15.5 Å². The second-order valence-corrected chi connectivity index (χ2v) is 8.11. The number of benzene rings is 1. The molecule has 1 saturated carbocycles. The van der Waals surface area contributed by atoms with Crippen LogP contribution >= 0.6 is 24.0 Å². The van der Waals surface area contributed by atoms with Gasteiger partial charge in [-0.15, -0.1) is 24.0 Å². The summed E-state index contributed by atoms with van der Waals surface area (Å²) in [5.41, 5.74) is 6.60. The van der Waals surface area contributed by atoms with E-state index in [2.05, 4.69) is 26.6 Å². The van der Waals surface area contributed by atoms with Crippen LogP contribution in [0.15, 0.2) is 29.3 Å². The number of amides is 1. The van der Waals surface area contributed by atoms with E-state index in [4.69, 9.17) is 10.5 Å². The number of carbonyl (C=O) groups excluding carboxylic acids is 1. The molecule has 168 valence electrons. The summed E-state index contributed by atoms with van der Waals surface area (Å²) in [6.07, 6.45) is 5.54. The Labute approximate surface area is 197 Å². The number of ether oxygens (including phenoxy) is 1. The molecular formula is C22H36IN5O2. The predicted molar refractivity (Wildman–Crippen MR) is 131 cm³/mol. The molecule has 4 N–H and O–H groups in total. The van der Waals surface area contributed by atoms with E-state index in [1.54, 1.807) is 7.05 Å². The van der Waals surface area contributed by atoms with Gasteiger partial charge < -0.3 is 26.0 Å². The smallest absolute Gasteiger partial charge is 0.221 e. The van der Waals surface area contributed by atoms with Crippen molar-refractivity contribution in [1.29, 1.82) is 0 Å². The average Bonchev–Trinajstić information content (AvgIpc) is 3.57. The van der Waals surface area contributed by atoms with Crippen LogP contribution in [0.5, 0.6) is 5.75 Å². The van der Waals surface area contributed by atoms with Gasteiger partial charge >= 0.3 is 0 Å². The van der Waals surface area contributed by atoms with E-state index in [-0.39, 0.29) is 35.8 Å². The zero-order valence-corrected chi connectivity index (χ0v) is 20.3. The van der Waals surface area contributed by atoms with Crippen LogP contribution in [0.3, 0.4) is 0 Å². The molecule has 2 fully saturated rings. The number of para-hydroxylation sites is 1. The SMILES string of the molecule is CN=C(NCCCN1CCCC(C(N)=O)C1)NCc1ccccc1OCC1CC1.I. The molecule has 7 nitrogen and oxygen atoms in total. The minimum Gasteiger partial charge on any atom is -0.493 e. The second kappa shape index (κ2) is 13.0. The van der Waals surface area contributed by atoms with Crippen LogP contribution in [-0.4, -0.2) is 56.6 Å². The van der Waals surface area contributed by atoms with E-state index < -0.39 is 0 Å². The number of likely N-dealkylation sites (tertiary alicyclic amines) is 1. The zero-order valence-electron chi connectivity index (χ0n) is 17.9. The molecule has 3 rings (SSSR count). The van der Waals surface area contributed by atoms with E-state index in [1.807, 2.05) is 18.2 Å². The van der Waals surface area contributed by atoms with Gasteiger partial charge in [0.2, 0.25) is 5.91 Å². The number of nitrogens with zero attached hydrogens (tertiary/aromatic N) is 2. The average molecular weight is 529 g/mol. The molecule has 1 saturated heterocycles. The molecule has 0 aromatic heterocycles. The van der Waals surface area contributed by atoms with Crippen molar-refractivity contribution < 1.29 is 9.53 Å². The van der Waals surface area contributed by atoms with E-state index >= 15 is 0 Å². The number of rotatable bonds is 10. The molecule has 2 aliphatic rings. The van der Waals surface area contributed by atoms with Gasteiger partial charge in [0.15, 0.2) is 5.96 Å². The Morgan fingerprint density at radius 2 is 2.07 bits per heavy atom. The van der Waals surface area contributed by atoms with Crippen molar-refractivity contribution in [2.75, 3.05) is 39.8 Å².